The highest BCUT2D eigenvalue weighted by Crippen LogP contribution is 2.16. The minimum atomic E-state index is -0.302. The number of hydrogen-bond donors (Lipinski definition) is 2. The summed E-state index contributed by atoms with van der Waals surface area (Å²) in [7, 11) is 0. The summed E-state index contributed by atoms with van der Waals surface area (Å²) < 4.78 is 16.2. The van der Waals surface area contributed by atoms with Crippen LogP contribution in [0.25, 0.3) is 0 Å². The van der Waals surface area contributed by atoms with Gasteiger partial charge in [0, 0.05) is 17.9 Å². The topological polar surface area (TPSA) is 68.8 Å². The monoisotopic (exact) mass is 400 g/mol. The molecule has 0 spiro atoms. The highest BCUT2D eigenvalue weighted by atomic mass is 32.1. The molecule has 6 nitrogen and oxygen atoms in total. The van der Waals surface area contributed by atoms with E-state index in [0.29, 0.717) is 37.7 Å². The minimum absolute atomic E-state index is 0.210. The van der Waals surface area contributed by atoms with E-state index in [0.717, 1.165) is 11.4 Å². The van der Waals surface area contributed by atoms with Crippen LogP contribution in [0, 0.1) is 0 Å². The van der Waals surface area contributed by atoms with Crippen molar-refractivity contribution in [3.05, 3.63) is 66.7 Å². The fourth-order valence-electron chi connectivity index (χ4n) is 2.19. The van der Waals surface area contributed by atoms with E-state index in [9.17, 15) is 4.79 Å². The Morgan fingerprint density at radius 1 is 1.04 bits per heavy atom. The zero-order valence-electron chi connectivity index (χ0n) is 15.8. The lowest BCUT2D eigenvalue weighted by molar-refractivity contribution is 0.0977. The number of carbonyl (C=O) groups is 1. The van der Waals surface area contributed by atoms with Crippen LogP contribution in [0.15, 0.2) is 61.2 Å². The van der Waals surface area contributed by atoms with Gasteiger partial charge in [0.1, 0.15) is 24.7 Å². The number of carbonyl (C=O) groups excluding carboxylic acids is 1. The second-order valence-electron chi connectivity index (χ2n) is 5.60. The number of nitrogens with one attached hydrogen (secondary N) is 2. The van der Waals surface area contributed by atoms with Crippen molar-refractivity contribution < 1.29 is 19.0 Å². The molecular weight excluding hydrogens is 376 g/mol. The first-order chi connectivity index (χ1) is 13.6. The molecule has 2 aromatic rings. The Labute approximate surface area is 170 Å². The van der Waals surface area contributed by atoms with Gasteiger partial charge >= 0.3 is 0 Å². The minimum Gasteiger partial charge on any atom is -0.491 e. The zero-order valence-corrected chi connectivity index (χ0v) is 16.6. The maximum Gasteiger partial charge on any atom is 0.257 e. The maximum atomic E-state index is 12.3. The van der Waals surface area contributed by atoms with E-state index in [1.165, 1.54) is 0 Å². The van der Waals surface area contributed by atoms with Crippen LogP contribution >= 0.6 is 12.2 Å². The van der Waals surface area contributed by atoms with Crippen molar-refractivity contribution in [2.75, 3.05) is 31.7 Å². The first-order valence-electron chi connectivity index (χ1n) is 8.89. The van der Waals surface area contributed by atoms with Gasteiger partial charge in [0.25, 0.3) is 5.91 Å². The van der Waals surface area contributed by atoms with Crippen LogP contribution in [-0.2, 0) is 4.74 Å². The first kappa shape index (κ1) is 21.4. The molecule has 148 valence electrons. The molecule has 2 rings (SSSR count). The zero-order chi connectivity index (χ0) is 20.2. The molecule has 0 aliphatic carbocycles. The van der Waals surface area contributed by atoms with Crippen LogP contribution in [0.3, 0.4) is 0 Å². The normalized spacial score (nSPS) is 10.0. The molecule has 0 aliphatic heterocycles. The molecule has 0 bridgehead atoms. The Balaban J connectivity index is 1.81. The van der Waals surface area contributed by atoms with Gasteiger partial charge in [-0.2, -0.15) is 0 Å². The largest absolute Gasteiger partial charge is 0.491 e. The molecule has 0 radical (unpaired) electrons. The Morgan fingerprint density at radius 3 is 2.32 bits per heavy atom. The second-order valence-corrected chi connectivity index (χ2v) is 6.01. The summed E-state index contributed by atoms with van der Waals surface area (Å²) in [6.07, 6.45) is 1.68. The highest BCUT2D eigenvalue weighted by molar-refractivity contribution is 7.80. The summed E-state index contributed by atoms with van der Waals surface area (Å²) in [5.74, 6) is 1.10. The summed E-state index contributed by atoms with van der Waals surface area (Å²) >= 11 is 5.20. The van der Waals surface area contributed by atoms with Gasteiger partial charge in [-0.1, -0.05) is 12.7 Å². The average Bonchev–Trinajstić information content (AvgIpc) is 2.71. The molecule has 0 unspecified atom stereocenters. The van der Waals surface area contributed by atoms with Crippen molar-refractivity contribution in [2.45, 2.75) is 6.92 Å². The maximum absolute atomic E-state index is 12.3. The van der Waals surface area contributed by atoms with Crippen LogP contribution in [-0.4, -0.2) is 37.4 Å². The van der Waals surface area contributed by atoms with Gasteiger partial charge in [0.2, 0.25) is 0 Å². The van der Waals surface area contributed by atoms with E-state index < -0.39 is 0 Å². The summed E-state index contributed by atoms with van der Waals surface area (Å²) in [5.41, 5.74) is 1.23. The molecule has 2 aromatic carbocycles. The molecule has 0 saturated carbocycles. The third kappa shape index (κ3) is 7.38. The van der Waals surface area contributed by atoms with Gasteiger partial charge in [0.05, 0.1) is 6.61 Å². The van der Waals surface area contributed by atoms with Gasteiger partial charge in [-0.3, -0.25) is 10.1 Å². The van der Waals surface area contributed by atoms with Crippen LogP contribution < -0.4 is 20.1 Å². The molecule has 2 N–H and O–H groups in total. The molecule has 0 fully saturated rings. The highest BCUT2D eigenvalue weighted by Gasteiger charge is 2.08. The smallest absolute Gasteiger partial charge is 0.257 e. The molecule has 0 atom stereocenters. The Bertz CT molecular complexity index is 776. The van der Waals surface area contributed by atoms with Crippen LogP contribution in [0.5, 0.6) is 11.5 Å². The van der Waals surface area contributed by atoms with Crippen molar-refractivity contribution in [1.82, 2.24) is 5.32 Å². The fraction of sp³-hybridized carbons (Fsp3) is 0.238. The van der Waals surface area contributed by atoms with E-state index in [-0.39, 0.29) is 11.0 Å². The Hall–Kier alpha value is -2.90. The predicted molar refractivity (Wildman–Crippen MR) is 114 cm³/mol. The molecule has 0 heterocycles. The van der Waals surface area contributed by atoms with Gasteiger partial charge in [-0.25, -0.2) is 0 Å². The SMILES string of the molecule is C=CCOc1ccc(NC(=S)NC(=O)c2ccc(OCCOCC)cc2)cc1. The van der Waals surface area contributed by atoms with Crippen LogP contribution in [0.2, 0.25) is 0 Å². The summed E-state index contributed by atoms with van der Waals surface area (Å²) in [4.78, 5) is 12.3. The van der Waals surface area contributed by atoms with Crippen molar-refractivity contribution >= 4 is 28.9 Å². The van der Waals surface area contributed by atoms with E-state index in [1.807, 2.05) is 19.1 Å². The number of hydrogen-bond acceptors (Lipinski definition) is 5. The predicted octanol–water partition coefficient (Wildman–Crippen LogP) is 3.79. The summed E-state index contributed by atoms with van der Waals surface area (Å²) in [5, 5.41) is 5.82. The lowest BCUT2D eigenvalue weighted by Gasteiger charge is -2.11. The average molecular weight is 401 g/mol. The van der Waals surface area contributed by atoms with Gasteiger partial charge in [-0.15, -0.1) is 0 Å². The Morgan fingerprint density at radius 2 is 1.68 bits per heavy atom. The van der Waals surface area contributed by atoms with Gasteiger partial charge in [-0.05, 0) is 67.7 Å². The quantitative estimate of drug-likeness (QED) is 0.359. The van der Waals surface area contributed by atoms with E-state index in [1.54, 1.807) is 42.5 Å². The lowest BCUT2D eigenvalue weighted by Crippen LogP contribution is -2.34. The standard InChI is InChI=1S/C21H24N2O4S/c1-3-13-26-19-11-7-17(8-12-19)22-21(28)23-20(24)16-5-9-18(10-6-16)27-15-14-25-4-2/h3,5-12H,1,4,13-15H2,2H3,(H2,22,23,24,28). The number of benzene rings is 2. The molecule has 0 saturated heterocycles. The fourth-order valence-corrected chi connectivity index (χ4v) is 2.40. The number of anilines is 1. The number of amides is 1. The molecule has 1 amide bonds. The van der Waals surface area contributed by atoms with Crippen LogP contribution in [0.4, 0.5) is 5.69 Å². The van der Waals surface area contributed by atoms with E-state index >= 15 is 0 Å². The van der Waals surface area contributed by atoms with Crippen LogP contribution in [0.1, 0.15) is 17.3 Å². The molecule has 28 heavy (non-hydrogen) atoms. The number of ether oxygens (including phenoxy) is 3. The molecule has 0 aromatic heterocycles. The summed E-state index contributed by atoms with van der Waals surface area (Å²) in [6, 6.07) is 14.1. The lowest BCUT2D eigenvalue weighted by atomic mass is 10.2. The van der Waals surface area contributed by atoms with Gasteiger partial charge < -0.3 is 19.5 Å². The molecular formula is C21H24N2O4S. The number of thiocarbonyl (C=S) groups is 1. The van der Waals surface area contributed by atoms with Crippen molar-refractivity contribution in [2.24, 2.45) is 0 Å². The van der Waals surface area contributed by atoms with Crippen molar-refractivity contribution in [3.8, 4) is 11.5 Å². The van der Waals surface area contributed by atoms with E-state index in [2.05, 4.69) is 17.2 Å². The molecule has 7 heteroatoms. The second kappa shape index (κ2) is 11.7. The van der Waals surface area contributed by atoms with E-state index in [4.69, 9.17) is 26.4 Å². The third-order valence-corrected chi connectivity index (χ3v) is 3.73. The third-order valence-electron chi connectivity index (χ3n) is 3.52. The number of rotatable bonds is 10. The van der Waals surface area contributed by atoms with Crippen molar-refractivity contribution in [3.63, 3.8) is 0 Å². The Kier molecular flexibility index (Phi) is 8.97. The summed E-state index contributed by atoms with van der Waals surface area (Å²) in [6.45, 7) is 7.62. The first-order valence-corrected chi connectivity index (χ1v) is 9.30. The molecule has 0 aliphatic rings. The van der Waals surface area contributed by atoms with Crippen molar-refractivity contribution in [1.29, 1.82) is 0 Å². The van der Waals surface area contributed by atoms with Gasteiger partial charge in [0.15, 0.2) is 5.11 Å².